The van der Waals surface area contributed by atoms with Gasteiger partial charge in [0.2, 0.25) is 0 Å². The number of rotatable bonds is 7. The van der Waals surface area contributed by atoms with Crippen LogP contribution in [0.4, 0.5) is 0 Å². The molecule has 4 heterocycles. The number of fused-ring (bicyclic) bond motifs is 9. The molecule has 0 spiro atoms. The molecule has 0 radical (unpaired) electrons. The third-order valence-corrected chi connectivity index (χ3v) is 13.5. The maximum atomic E-state index is 6.73. The monoisotopic (exact) mass is 882 g/mol. The summed E-state index contributed by atoms with van der Waals surface area (Å²) in [4.78, 5) is 14.9. The third kappa shape index (κ3) is 6.45. The molecule has 14 aromatic rings. The van der Waals surface area contributed by atoms with Gasteiger partial charge in [-0.2, -0.15) is 0 Å². The molecule has 0 N–H and O–H groups in total. The third-order valence-electron chi connectivity index (χ3n) is 13.5. The average molecular weight is 883 g/mol. The maximum Gasteiger partial charge on any atom is 0.164 e. The van der Waals surface area contributed by atoms with Crippen LogP contribution < -0.4 is 0 Å². The summed E-state index contributed by atoms with van der Waals surface area (Å²) in [5.41, 5.74) is 16.1. The smallest absolute Gasteiger partial charge is 0.164 e. The lowest BCUT2D eigenvalue weighted by atomic mass is 9.95. The Labute approximate surface area is 396 Å². The van der Waals surface area contributed by atoms with Crippen LogP contribution in [0, 0.1) is 0 Å². The Bertz CT molecular complexity index is 4250. The lowest BCUT2D eigenvalue weighted by Gasteiger charge is -2.10. The van der Waals surface area contributed by atoms with E-state index in [2.05, 4.69) is 174 Å². The van der Waals surface area contributed by atoms with Crippen LogP contribution in [0.5, 0.6) is 0 Å². The van der Waals surface area contributed by atoms with E-state index in [1.165, 1.54) is 21.9 Å². The van der Waals surface area contributed by atoms with Crippen molar-refractivity contribution in [3.8, 4) is 73.2 Å². The second-order valence-electron chi connectivity index (χ2n) is 17.5. The van der Waals surface area contributed by atoms with Crippen LogP contribution in [-0.2, 0) is 0 Å². The molecular formula is C63H38N4O2. The summed E-state index contributed by atoms with van der Waals surface area (Å²) in [5.74, 6) is 1.87. The molecule has 0 unspecified atom stereocenters. The summed E-state index contributed by atoms with van der Waals surface area (Å²) in [6.07, 6.45) is 0. The highest BCUT2D eigenvalue weighted by Crippen LogP contribution is 2.43. The second-order valence-corrected chi connectivity index (χ2v) is 17.5. The molecule has 0 bridgehead atoms. The van der Waals surface area contributed by atoms with Gasteiger partial charge in [-0.15, -0.1) is 0 Å². The van der Waals surface area contributed by atoms with Crippen LogP contribution in [0.25, 0.3) is 139 Å². The van der Waals surface area contributed by atoms with Gasteiger partial charge >= 0.3 is 0 Å². The fraction of sp³-hybridized carbons (Fsp3) is 0. The van der Waals surface area contributed by atoms with E-state index in [1.807, 2.05) is 60.7 Å². The normalized spacial score (nSPS) is 11.8. The zero-order chi connectivity index (χ0) is 45.4. The van der Waals surface area contributed by atoms with Gasteiger partial charge in [0.15, 0.2) is 17.5 Å². The zero-order valence-corrected chi connectivity index (χ0v) is 37.0. The van der Waals surface area contributed by atoms with Crippen LogP contribution in [0.1, 0.15) is 0 Å². The summed E-state index contributed by atoms with van der Waals surface area (Å²) in [6.45, 7) is 0. The van der Waals surface area contributed by atoms with Crippen LogP contribution in [0.3, 0.4) is 0 Å². The summed E-state index contributed by atoms with van der Waals surface area (Å²) in [5, 5.41) is 6.66. The van der Waals surface area contributed by atoms with Crippen molar-refractivity contribution in [1.29, 1.82) is 0 Å². The lowest BCUT2D eigenvalue weighted by molar-refractivity contribution is 0.668. The molecule has 0 aliphatic rings. The molecule has 0 aliphatic carbocycles. The van der Waals surface area contributed by atoms with E-state index in [0.717, 1.165) is 99.5 Å². The SMILES string of the molecule is c1ccc(-c2ccc3c(c2)c2ccccc2n3-c2ccc3oc4cccc(-c5ccc6c(c5)oc5cccc(-c7cccc(-c8nc(-c9ccccc9)nc(-c9ccccc9)n8)c7)c56)c4c3c2)cc1. The van der Waals surface area contributed by atoms with Crippen LogP contribution in [0.2, 0.25) is 0 Å². The highest BCUT2D eigenvalue weighted by atomic mass is 16.3. The van der Waals surface area contributed by atoms with Crippen molar-refractivity contribution in [2.24, 2.45) is 0 Å². The van der Waals surface area contributed by atoms with E-state index in [4.69, 9.17) is 23.8 Å². The van der Waals surface area contributed by atoms with Crippen LogP contribution >= 0.6 is 0 Å². The van der Waals surface area contributed by atoms with E-state index in [1.54, 1.807) is 0 Å². The van der Waals surface area contributed by atoms with E-state index >= 15 is 0 Å². The van der Waals surface area contributed by atoms with Gasteiger partial charge in [0, 0.05) is 54.7 Å². The maximum absolute atomic E-state index is 6.73. The van der Waals surface area contributed by atoms with E-state index in [0.29, 0.717) is 17.5 Å². The molecule has 6 nitrogen and oxygen atoms in total. The molecule has 0 saturated carbocycles. The Balaban J connectivity index is 0.870. The summed E-state index contributed by atoms with van der Waals surface area (Å²) in [6, 6.07) is 80.4. The fourth-order valence-corrected chi connectivity index (χ4v) is 10.3. The molecule has 322 valence electrons. The standard InChI is InChI=1S/C63H38N4O2/c1-4-15-39(16-5-1)42-30-33-54-51(36-42)49-23-10-11-26-53(49)67(54)46-31-34-55-52(38-46)60-48(25-14-28-57(60)68-55)44-29-32-50-58(37-44)69-56-27-13-24-47(59(50)56)43-21-12-22-45(35-43)63-65-61(40-17-6-2-7-18-40)64-62(66-63)41-19-8-3-9-20-41/h1-38H. The first-order chi connectivity index (χ1) is 34.2. The number of aromatic nitrogens is 4. The number of benzene rings is 10. The molecule has 0 atom stereocenters. The Morgan fingerprint density at radius 3 is 1.52 bits per heavy atom. The Kier molecular flexibility index (Phi) is 8.79. The Morgan fingerprint density at radius 1 is 0.275 bits per heavy atom. The van der Waals surface area contributed by atoms with Crippen molar-refractivity contribution in [3.63, 3.8) is 0 Å². The van der Waals surface area contributed by atoms with Gasteiger partial charge in [-0.25, -0.2) is 15.0 Å². The molecule has 10 aromatic carbocycles. The minimum Gasteiger partial charge on any atom is -0.456 e. The van der Waals surface area contributed by atoms with Crippen molar-refractivity contribution in [2.75, 3.05) is 0 Å². The molecule has 0 saturated heterocycles. The van der Waals surface area contributed by atoms with Gasteiger partial charge in [0.25, 0.3) is 0 Å². The first kappa shape index (κ1) is 38.8. The molecular weight excluding hydrogens is 845 g/mol. The molecule has 4 aromatic heterocycles. The number of furan rings is 2. The molecule has 6 heteroatoms. The number of hydrogen-bond donors (Lipinski definition) is 0. The minimum absolute atomic E-state index is 0.610. The average Bonchev–Trinajstić information content (AvgIpc) is 4.10. The summed E-state index contributed by atoms with van der Waals surface area (Å²) < 4.78 is 15.7. The predicted octanol–water partition coefficient (Wildman–Crippen LogP) is 16.8. The number of nitrogens with zero attached hydrogens (tertiary/aromatic N) is 4. The van der Waals surface area contributed by atoms with E-state index in [-0.39, 0.29) is 0 Å². The van der Waals surface area contributed by atoms with Crippen molar-refractivity contribution in [3.05, 3.63) is 231 Å². The molecule has 0 fully saturated rings. The minimum atomic E-state index is 0.610. The van der Waals surface area contributed by atoms with E-state index < -0.39 is 0 Å². The van der Waals surface area contributed by atoms with Crippen molar-refractivity contribution < 1.29 is 8.83 Å². The Hall–Kier alpha value is -9.39. The van der Waals surface area contributed by atoms with Gasteiger partial charge in [-0.3, -0.25) is 0 Å². The molecule has 69 heavy (non-hydrogen) atoms. The first-order valence-electron chi connectivity index (χ1n) is 23.2. The first-order valence-corrected chi connectivity index (χ1v) is 23.2. The Morgan fingerprint density at radius 2 is 0.812 bits per heavy atom. The quantitative estimate of drug-likeness (QED) is 0.159. The molecule has 14 rings (SSSR count). The number of hydrogen-bond acceptors (Lipinski definition) is 5. The zero-order valence-electron chi connectivity index (χ0n) is 37.0. The van der Waals surface area contributed by atoms with E-state index in [9.17, 15) is 0 Å². The van der Waals surface area contributed by atoms with Gasteiger partial charge < -0.3 is 13.4 Å². The predicted molar refractivity (Wildman–Crippen MR) is 281 cm³/mol. The summed E-state index contributed by atoms with van der Waals surface area (Å²) >= 11 is 0. The number of para-hydroxylation sites is 1. The van der Waals surface area contributed by atoms with Crippen LogP contribution in [-0.4, -0.2) is 19.5 Å². The largest absolute Gasteiger partial charge is 0.456 e. The molecule has 0 aliphatic heterocycles. The van der Waals surface area contributed by atoms with Crippen molar-refractivity contribution in [1.82, 2.24) is 19.5 Å². The van der Waals surface area contributed by atoms with Gasteiger partial charge in [-0.05, 0) is 100 Å². The van der Waals surface area contributed by atoms with Gasteiger partial charge in [-0.1, -0.05) is 164 Å². The molecule has 0 amide bonds. The van der Waals surface area contributed by atoms with Gasteiger partial charge in [0.1, 0.15) is 22.3 Å². The highest BCUT2D eigenvalue weighted by Gasteiger charge is 2.20. The van der Waals surface area contributed by atoms with Crippen LogP contribution in [0.15, 0.2) is 239 Å². The van der Waals surface area contributed by atoms with Crippen molar-refractivity contribution in [2.45, 2.75) is 0 Å². The summed E-state index contributed by atoms with van der Waals surface area (Å²) in [7, 11) is 0. The topological polar surface area (TPSA) is 69.9 Å². The fourth-order valence-electron chi connectivity index (χ4n) is 10.3. The lowest BCUT2D eigenvalue weighted by Crippen LogP contribution is -2.00. The second kappa shape index (κ2) is 15.6. The van der Waals surface area contributed by atoms with Gasteiger partial charge in [0.05, 0.1) is 11.0 Å². The highest BCUT2D eigenvalue weighted by molar-refractivity contribution is 6.17. The van der Waals surface area contributed by atoms with Crippen molar-refractivity contribution >= 4 is 65.7 Å².